The fourth-order valence-corrected chi connectivity index (χ4v) is 4.22. The molecule has 1 aliphatic heterocycles. The monoisotopic (exact) mass is 415 g/mol. The second kappa shape index (κ2) is 7.15. The summed E-state index contributed by atoms with van der Waals surface area (Å²) < 4.78 is 14.0. The Labute approximate surface area is 172 Å². The fourth-order valence-electron chi connectivity index (χ4n) is 4.00. The van der Waals surface area contributed by atoms with Gasteiger partial charge < -0.3 is 10.2 Å². The van der Waals surface area contributed by atoms with Gasteiger partial charge in [0.1, 0.15) is 17.9 Å². The van der Waals surface area contributed by atoms with Gasteiger partial charge in [-0.15, -0.1) is 0 Å². The number of urea groups is 1. The van der Waals surface area contributed by atoms with E-state index in [1.54, 1.807) is 0 Å². The third-order valence-electron chi connectivity index (χ3n) is 5.60. The maximum Gasteiger partial charge on any atom is 0.325 e. The van der Waals surface area contributed by atoms with Gasteiger partial charge in [0, 0.05) is 24.2 Å². The lowest BCUT2D eigenvalue weighted by Gasteiger charge is -2.23. The van der Waals surface area contributed by atoms with E-state index in [1.807, 2.05) is 24.3 Å². The minimum Gasteiger partial charge on any atom is -0.340 e. The molecule has 1 fully saturated rings. The zero-order valence-electron chi connectivity index (χ0n) is 15.7. The highest BCUT2D eigenvalue weighted by Crippen LogP contribution is 2.41. The topological polar surface area (TPSA) is 69.7 Å². The molecular weight excluding hydrogens is 397 g/mol. The molecule has 2 aromatic carbocycles. The van der Waals surface area contributed by atoms with E-state index >= 15 is 0 Å². The predicted octanol–water partition coefficient (Wildman–Crippen LogP) is 2.83. The van der Waals surface area contributed by atoms with Crippen LogP contribution < -0.4 is 5.32 Å². The highest BCUT2D eigenvalue weighted by atomic mass is 35.5. The van der Waals surface area contributed by atoms with Crippen molar-refractivity contribution in [2.75, 3.05) is 13.6 Å². The molecule has 1 aliphatic carbocycles. The van der Waals surface area contributed by atoms with Gasteiger partial charge in [-0.1, -0.05) is 41.9 Å². The number of amides is 4. The fraction of sp³-hybridized carbons (Fsp3) is 0.286. The number of aryl methyl sites for hydroxylation is 1. The van der Waals surface area contributed by atoms with Crippen molar-refractivity contribution in [3.8, 4) is 0 Å². The highest BCUT2D eigenvalue weighted by Gasteiger charge is 2.55. The molecule has 4 rings (SSSR count). The first-order valence-corrected chi connectivity index (χ1v) is 9.60. The summed E-state index contributed by atoms with van der Waals surface area (Å²) in [6.07, 6.45) is 1.14. The van der Waals surface area contributed by atoms with Crippen LogP contribution in [0.3, 0.4) is 0 Å². The lowest BCUT2D eigenvalue weighted by Crippen LogP contribution is -2.44. The van der Waals surface area contributed by atoms with Crippen molar-refractivity contribution in [1.82, 2.24) is 15.1 Å². The summed E-state index contributed by atoms with van der Waals surface area (Å²) in [5.74, 6) is -1.44. The maximum absolute atomic E-state index is 14.0. The van der Waals surface area contributed by atoms with Crippen molar-refractivity contribution in [2.45, 2.75) is 24.9 Å². The number of imide groups is 1. The summed E-state index contributed by atoms with van der Waals surface area (Å²) in [7, 11) is 1.48. The van der Waals surface area contributed by atoms with Crippen LogP contribution in [0.5, 0.6) is 0 Å². The van der Waals surface area contributed by atoms with Crippen molar-refractivity contribution in [2.24, 2.45) is 0 Å². The molecule has 1 saturated heterocycles. The number of rotatable bonds is 4. The van der Waals surface area contributed by atoms with E-state index in [0.29, 0.717) is 12.8 Å². The Morgan fingerprint density at radius 1 is 1.24 bits per heavy atom. The van der Waals surface area contributed by atoms with Gasteiger partial charge in [0.05, 0.1) is 0 Å². The van der Waals surface area contributed by atoms with Gasteiger partial charge in [-0.25, -0.2) is 9.18 Å². The minimum absolute atomic E-state index is 0.0675. The maximum atomic E-state index is 14.0. The number of likely N-dealkylation sites (N-methyl/N-ethyl adjacent to an activating group) is 1. The SMILES string of the molecule is CN(Cc1c(F)cccc1Cl)C(=O)CN1C(=O)N[C@]2(CCc3ccccc32)C1=O. The Morgan fingerprint density at radius 2 is 2.00 bits per heavy atom. The molecule has 29 heavy (non-hydrogen) atoms. The number of nitrogens with zero attached hydrogens (tertiary/aromatic N) is 2. The van der Waals surface area contributed by atoms with Gasteiger partial charge in [0.15, 0.2) is 0 Å². The van der Waals surface area contributed by atoms with Crippen LogP contribution >= 0.6 is 11.6 Å². The smallest absolute Gasteiger partial charge is 0.325 e. The minimum atomic E-state index is -1.11. The number of halogens is 2. The molecule has 2 aliphatic rings. The molecule has 1 N–H and O–H groups in total. The molecule has 0 unspecified atom stereocenters. The third-order valence-corrected chi connectivity index (χ3v) is 5.95. The molecule has 1 spiro atoms. The van der Waals surface area contributed by atoms with E-state index in [4.69, 9.17) is 11.6 Å². The second-order valence-electron chi connectivity index (χ2n) is 7.33. The van der Waals surface area contributed by atoms with Gasteiger partial charge in [0.25, 0.3) is 5.91 Å². The van der Waals surface area contributed by atoms with Crippen LogP contribution in [0, 0.1) is 5.82 Å². The standard InChI is InChI=1S/C21H19ClFN3O3/c1-25(11-14-16(22)7-4-8-17(14)23)18(27)12-26-19(28)21(24-20(26)29)10-9-13-5-2-3-6-15(13)21/h2-8H,9-12H2,1H3,(H,24,29)/t21-/m0/s1. The van der Waals surface area contributed by atoms with E-state index in [1.165, 1.54) is 30.1 Å². The highest BCUT2D eigenvalue weighted by molar-refractivity contribution is 6.31. The molecule has 1 atom stereocenters. The van der Waals surface area contributed by atoms with Crippen molar-refractivity contribution in [1.29, 1.82) is 0 Å². The van der Waals surface area contributed by atoms with Crippen molar-refractivity contribution < 1.29 is 18.8 Å². The molecule has 6 nitrogen and oxygen atoms in total. The Morgan fingerprint density at radius 3 is 2.76 bits per heavy atom. The molecule has 150 valence electrons. The van der Waals surface area contributed by atoms with E-state index in [0.717, 1.165) is 16.0 Å². The van der Waals surface area contributed by atoms with Crippen LogP contribution in [0.4, 0.5) is 9.18 Å². The van der Waals surface area contributed by atoms with Gasteiger partial charge >= 0.3 is 6.03 Å². The Bertz CT molecular complexity index is 1010. The van der Waals surface area contributed by atoms with Crippen LogP contribution in [0.15, 0.2) is 42.5 Å². The summed E-state index contributed by atoms with van der Waals surface area (Å²) in [6, 6.07) is 11.2. The van der Waals surface area contributed by atoms with Crippen LogP contribution in [-0.4, -0.2) is 41.2 Å². The number of benzene rings is 2. The normalized spacial score (nSPS) is 20.2. The molecule has 0 aromatic heterocycles. The van der Waals surface area contributed by atoms with Crippen molar-refractivity contribution in [3.05, 3.63) is 70.0 Å². The average Bonchev–Trinajstić information content (AvgIpc) is 3.18. The lowest BCUT2D eigenvalue weighted by molar-refractivity contribution is -0.138. The van der Waals surface area contributed by atoms with Crippen LogP contribution in [-0.2, 0) is 28.1 Å². The summed E-state index contributed by atoms with van der Waals surface area (Å²) in [5, 5.41) is 2.99. The molecule has 8 heteroatoms. The average molecular weight is 416 g/mol. The first-order valence-electron chi connectivity index (χ1n) is 9.23. The van der Waals surface area contributed by atoms with E-state index < -0.39 is 35.7 Å². The first-order chi connectivity index (χ1) is 13.8. The molecule has 1 heterocycles. The predicted molar refractivity (Wildman–Crippen MR) is 105 cm³/mol. The third kappa shape index (κ3) is 3.15. The zero-order chi connectivity index (χ0) is 20.8. The lowest BCUT2D eigenvalue weighted by atomic mass is 9.92. The van der Waals surface area contributed by atoms with Crippen LogP contribution in [0.25, 0.3) is 0 Å². The Kier molecular flexibility index (Phi) is 4.78. The first kappa shape index (κ1) is 19.4. The van der Waals surface area contributed by atoms with Gasteiger partial charge in [-0.2, -0.15) is 0 Å². The van der Waals surface area contributed by atoms with E-state index in [9.17, 15) is 18.8 Å². The van der Waals surface area contributed by atoms with Gasteiger partial charge in [0.2, 0.25) is 5.91 Å². The number of nitrogens with one attached hydrogen (secondary N) is 1. The van der Waals surface area contributed by atoms with E-state index in [2.05, 4.69) is 5.32 Å². The van der Waals surface area contributed by atoms with Crippen molar-refractivity contribution in [3.63, 3.8) is 0 Å². The molecule has 4 amide bonds. The summed E-state index contributed by atoms with van der Waals surface area (Å²) in [4.78, 5) is 40.5. The van der Waals surface area contributed by atoms with Crippen LogP contribution in [0.2, 0.25) is 5.02 Å². The van der Waals surface area contributed by atoms with Crippen molar-refractivity contribution >= 4 is 29.4 Å². The zero-order valence-corrected chi connectivity index (χ0v) is 16.5. The Balaban J connectivity index is 1.51. The molecule has 0 bridgehead atoms. The number of hydrogen-bond donors (Lipinski definition) is 1. The van der Waals surface area contributed by atoms with Gasteiger partial charge in [-0.05, 0) is 36.1 Å². The summed E-state index contributed by atoms with van der Waals surface area (Å²) in [5.41, 5.74) is 0.866. The molecule has 0 radical (unpaired) electrons. The number of carbonyl (C=O) groups is 3. The molecule has 0 saturated carbocycles. The number of fused-ring (bicyclic) bond motifs is 2. The number of hydrogen-bond acceptors (Lipinski definition) is 3. The molecular formula is C21H19ClFN3O3. The van der Waals surface area contributed by atoms with Crippen LogP contribution in [0.1, 0.15) is 23.1 Å². The largest absolute Gasteiger partial charge is 0.340 e. The Hall–Kier alpha value is -2.93. The second-order valence-corrected chi connectivity index (χ2v) is 7.74. The summed E-state index contributed by atoms with van der Waals surface area (Å²) in [6.45, 7) is -0.487. The van der Waals surface area contributed by atoms with E-state index in [-0.39, 0.29) is 17.1 Å². The number of carbonyl (C=O) groups excluding carboxylic acids is 3. The summed E-state index contributed by atoms with van der Waals surface area (Å²) >= 11 is 6.02. The molecule has 2 aromatic rings. The quantitative estimate of drug-likeness (QED) is 0.781. The van der Waals surface area contributed by atoms with Gasteiger partial charge in [-0.3, -0.25) is 14.5 Å².